The molecule has 0 spiro atoms. The van der Waals surface area contributed by atoms with Crippen molar-refractivity contribution in [3.05, 3.63) is 56.7 Å². The Morgan fingerprint density at radius 1 is 0.842 bits per heavy atom. The smallest absolute Gasteiger partial charge is 0.223 e. The lowest BCUT2D eigenvalue weighted by molar-refractivity contribution is -0.115. The summed E-state index contributed by atoms with van der Waals surface area (Å²) in [6.45, 7) is 0.354. The van der Waals surface area contributed by atoms with Crippen molar-refractivity contribution in [2.45, 2.75) is 6.54 Å². The van der Waals surface area contributed by atoms with E-state index in [0.717, 1.165) is 5.56 Å². The Kier molecular flexibility index (Phi) is 4.30. The number of benzene rings is 1. The summed E-state index contributed by atoms with van der Waals surface area (Å²) in [4.78, 5) is 23.5. The van der Waals surface area contributed by atoms with Gasteiger partial charge in [-0.2, -0.15) is 0 Å². The molecule has 0 atom stereocenters. The summed E-state index contributed by atoms with van der Waals surface area (Å²) in [6.07, 6.45) is 0. The summed E-state index contributed by atoms with van der Waals surface area (Å²) < 4.78 is 0. The van der Waals surface area contributed by atoms with E-state index in [4.69, 9.17) is 34.8 Å². The third-order valence-corrected chi connectivity index (χ3v) is 3.73. The molecule has 0 saturated carbocycles. The van der Waals surface area contributed by atoms with Crippen molar-refractivity contribution in [3.63, 3.8) is 0 Å². The van der Waals surface area contributed by atoms with E-state index in [-0.39, 0.29) is 20.8 Å². The highest BCUT2D eigenvalue weighted by molar-refractivity contribution is 6.64. The van der Waals surface area contributed by atoms with Crippen LogP contribution in [0, 0.1) is 0 Å². The van der Waals surface area contributed by atoms with Gasteiger partial charge in [-0.3, -0.25) is 9.59 Å². The van der Waals surface area contributed by atoms with Crippen molar-refractivity contribution < 1.29 is 9.59 Å². The summed E-state index contributed by atoms with van der Waals surface area (Å²) in [7, 11) is 0. The fourth-order valence-electron chi connectivity index (χ4n) is 1.56. The van der Waals surface area contributed by atoms with Gasteiger partial charge in [0.25, 0.3) is 0 Å². The molecule has 0 heterocycles. The largest absolute Gasteiger partial charge is 0.376 e. The van der Waals surface area contributed by atoms with Crippen LogP contribution in [0.5, 0.6) is 0 Å². The van der Waals surface area contributed by atoms with Crippen LogP contribution < -0.4 is 5.32 Å². The second-order valence-electron chi connectivity index (χ2n) is 3.81. The van der Waals surface area contributed by atoms with Crippen LogP contribution in [0.15, 0.2) is 51.1 Å². The molecule has 0 aromatic heterocycles. The Balaban J connectivity index is 2.21. The maximum Gasteiger partial charge on any atom is 0.223 e. The van der Waals surface area contributed by atoms with Crippen LogP contribution in [0.25, 0.3) is 0 Å². The fraction of sp³-hybridized carbons (Fsp3) is 0.0769. The Morgan fingerprint density at radius 3 is 2.05 bits per heavy atom. The van der Waals surface area contributed by atoms with Gasteiger partial charge >= 0.3 is 0 Å². The van der Waals surface area contributed by atoms with E-state index < -0.39 is 11.6 Å². The molecule has 0 bridgehead atoms. The molecule has 19 heavy (non-hydrogen) atoms. The molecule has 2 rings (SSSR count). The van der Waals surface area contributed by atoms with Crippen LogP contribution in [0.2, 0.25) is 0 Å². The Bertz CT molecular complexity index is 606. The van der Waals surface area contributed by atoms with Crippen LogP contribution in [0.3, 0.4) is 0 Å². The van der Waals surface area contributed by atoms with E-state index in [1.54, 1.807) is 0 Å². The Labute approximate surface area is 124 Å². The number of allylic oxidation sites excluding steroid dienone is 3. The number of Topliss-reactive ketones (excluding diaryl/α,β-unsaturated/α-hetero) is 2. The molecule has 6 heteroatoms. The minimum absolute atomic E-state index is 0.0232. The second-order valence-corrected chi connectivity index (χ2v) is 4.95. The third kappa shape index (κ3) is 2.84. The van der Waals surface area contributed by atoms with Gasteiger partial charge in [-0.15, -0.1) is 0 Å². The van der Waals surface area contributed by atoms with E-state index in [1.807, 2.05) is 30.3 Å². The molecule has 1 aliphatic rings. The highest BCUT2D eigenvalue weighted by atomic mass is 35.5. The number of nitrogens with one attached hydrogen (secondary N) is 1. The fourth-order valence-corrected chi connectivity index (χ4v) is 2.22. The summed E-state index contributed by atoms with van der Waals surface area (Å²) in [5.74, 6) is -1.23. The Hall–Kier alpha value is -1.29. The third-order valence-electron chi connectivity index (χ3n) is 2.55. The van der Waals surface area contributed by atoms with Gasteiger partial charge in [0.2, 0.25) is 11.6 Å². The lowest BCUT2D eigenvalue weighted by Crippen LogP contribution is -2.27. The topological polar surface area (TPSA) is 46.2 Å². The Morgan fingerprint density at radius 2 is 1.42 bits per heavy atom. The zero-order chi connectivity index (χ0) is 14.0. The van der Waals surface area contributed by atoms with Crippen molar-refractivity contribution in [3.8, 4) is 0 Å². The normalized spacial score (nSPS) is 16.2. The van der Waals surface area contributed by atoms with Gasteiger partial charge in [-0.05, 0) is 5.56 Å². The van der Waals surface area contributed by atoms with Crippen molar-refractivity contribution in [1.82, 2.24) is 5.32 Å². The quantitative estimate of drug-likeness (QED) is 0.872. The van der Waals surface area contributed by atoms with E-state index >= 15 is 0 Å². The number of rotatable bonds is 3. The van der Waals surface area contributed by atoms with E-state index in [1.165, 1.54) is 0 Å². The van der Waals surface area contributed by atoms with Crippen molar-refractivity contribution in [2.24, 2.45) is 0 Å². The lowest BCUT2D eigenvalue weighted by atomic mass is 10.1. The molecular weight excluding hydrogens is 309 g/mol. The minimum atomic E-state index is -0.650. The molecular formula is C13H8Cl3NO2. The molecule has 98 valence electrons. The highest BCUT2D eigenvalue weighted by Gasteiger charge is 2.32. The van der Waals surface area contributed by atoms with Crippen molar-refractivity contribution in [1.29, 1.82) is 0 Å². The molecule has 0 amide bonds. The summed E-state index contributed by atoms with van der Waals surface area (Å²) in [5.41, 5.74) is 0.918. The van der Waals surface area contributed by atoms with Gasteiger partial charge in [0.05, 0.1) is 0 Å². The first-order valence-corrected chi connectivity index (χ1v) is 6.48. The van der Waals surface area contributed by atoms with E-state index in [2.05, 4.69) is 5.32 Å². The second kappa shape index (κ2) is 5.78. The summed E-state index contributed by atoms with van der Waals surface area (Å²) >= 11 is 17.1. The van der Waals surface area contributed by atoms with Gasteiger partial charge in [-0.1, -0.05) is 65.1 Å². The van der Waals surface area contributed by atoms with Gasteiger partial charge in [-0.25, -0.2) is 0 Å². The number of hydrogen-bond donors (Lipinski definition) is 1. The molecule has 3 nitrogen and oxygen atoms in total. The van der Waals surface area contributed by atoms with Crippen LogP contribution in [0.4, 0.5) is 0 Å². The standard InChI is InChI=1S/C13H8Cl3NO2/c14-8-9(15)13(19)11(10(16)12(8)18)17-6-7-4-2-1-3-5-7/h1-5,17H,6H2. The molecule has 0 radical (unpaired) electrons. The van der Waals surface area contributed by atoms with Crippen LogP contribution >= 0.6 is 34.8 Å². The number of ketones is 2. The predicted octanol–water partition coefficient (Wildman–Crippen LogP) is 3.07. The van der Waals surface area contributed by atoms with E-state index in [0.29, 0.717) is 6.54 Å². The van der Waals surface area contributed by atoms with Gasteiger partial charge in [0.15, 0.2) is 0 Å². The number of carbonyl (C=O) groups is 2. The number of carbonyl (C=O) groups excluding carboxylic acids is 2. The molecule has 0 unspecified atom stereocenters. The van der Waals surface area contributed by atoms with Crippen LogP contribution in [-0.2, 0) is 16.1 Å². The first-order valence-electron chi connectivity index (χ1n) is 5.34. The van der Waals surface area contributed by atoms with Gasteiger partial charge < -0.3 is 5.32 Å². The zero-order valence-corrected chi connectivity index (χ0v) is 11.8. The lowest BCUT2D eigenvalue weighted by Gasteiger charge is -2.16. The number of hydrogen-bond acceptors (Lipinski definition) is 3. The van der Waals surface area contributed by atoms with Crippen molar-refractivity contribution >= 4 is 46.4 Å². The maximum atomic E-state index is 11.9. The monoisotopic (exact) mass is 315 g/mol. The molecule has 1 aromatic rings. The summed E-state index contributed by atoms with van der Waals surface area (Å²) in [6, 6.07) is 9.36. The molecule has 0 fully saturated rings. The van der Waals surface area contributed by atoms with E-state index in [9.17, 15) is 9.59 Å². The zero-order valence-electron chi connectivity index (χ0n) is 9.54. The van der Waals surface area contributed by atoms with Crippen LogP contribution in [0.1, 0.15) is 5.56 Å². The maximum absolute atomic E-state index is 11.9. The molecule has 0 aliphatic heterocycles. The average Bonchev–Trinajstić information content (AvgIpc) is 2.44. The predicted molar refractivity (Wildman–Crippen MR) is 74.9 cm³/mol. The molecule has 1 N–H and O–H groups in total. The molecule has 0 saturated heterocycles. The molecule has 1 aromatic carbocycles. The molecule has 1 aliphatic carbocycles. The first kappa shape index (κ1) is 14.1. The summed E-state index contributed by atoms with van der Waals surface area (Å²) in [5, 5.41) is 1.92. The van der Waals surface area contributed by atoms with Crippen molar-refractivity contribution in [2.75, 3.05) is 0 Å². The highest BCUT2D eigenvalue weighted by Crippen LogP contribution is 2.30. The first-order chi connectivity index (χ1) is 9.02. The van der Waals surface area contributed by atoms with Gasteiger partial charge in [0.1, 0.15) is 20.8 Å². The average molecular weight is 317 g/mol. The van der Waals surface area contributed by atoms with Gasteiger partial charge in [0, 0.05) is 6.54 Å². The minimum Gasteiger partial charge on any atom is -0.376 e. The number of halogens is 3. The van der Waals surface area contributed by atoms with Crippen LogP contribution in [-0.4, -0.2) is 11.6 Å². The SMILES string of the molecule is O=C1C(Cl)=C(Cl)C(=O)C(NCc2ccccc2)=C1Cl.